The lowest BCUT2D eigenvalue weighted by atomic mass is 10.2. The van der Waals surface area contributed by atoms with Crippen LogP contribution in [0.15, 0.2) is 18.3 Å². The third-order valence-electron chi connectivity index (χ3n) is 2.09. The molecule has 0 aliphatic carbocycles. The molecular weight excluding hydrogens is 256 g/mol. The third kappa shape index (κ3) is 6.64. The van der Waals surface area contributed by atoms with Crippen LogP contribution in [0.1, 0.15) is 32.8 Å². The van der Waals surface area contributed by atoms with Crippen molar-refractivity contribution >= 4 is 6.09 Å². The quantitative estimate of drug-likeness (QED) is 0.680. The topological polar surface area (TPSA) is 60.5 Å². The van der Waals surface area contributed by atoms with Gasteiger partial charge in [-0.2, -0.15) is 0 Å². The fourth-order valence-corrected chi connectivity index (χ4v) is 1.30. The van der Waals surface area contributed by atoms with Crippen LogP contribution in [0, 0.1) is 11.8 Å². The predicted molar refractivity (Wildman–Crippen MR) is 76.5 cm³/mol. The Balaban J connectivity index is 2.34. The van der Waals surface area contributed by atoms with Gasteiger partial charge in [0.25, 0.3) is 0 Å². The lowest BCUT2D eigenvalue weighted by Gasteiger charge is -2.19. The first-order chi connectivity index (χ1) is 9.40. The van der Waals surface area contributed by atoms with Crippen LogP contribution in [0.2, 0.25) is 0 Å². The molecule has 1 amide bonds. The van der Waals surface area contributed by atoms with Crippen molar-refractivity contribution in [2.24, 2.45) is 0 Å². The summed E-state index contributed by atoms with van der Waals surface area (Å²) in [5.41, 5.74) is 0.345. The van der Waals surface area contributed by atoms with Crippen molar-refractivity contribution in [2.75, 3.05) is 13.7 Å². The summed E-state index contributed by atoms with van der Waals surface area (Å²) in [6.07, 6.45) is 1.76. The van der Waals surface area contributed by atoms with Crippen molar-refractivity contribution in [1.82, 2.24) is 10.3 Å². The van der Waals surface area contributed by atoms with Gasteiger partial charge in [0.15, 0.2) is 0 Å². The van der Waals surface area contributed by atoms with Crippen LogP contribution < -0.4 is 10.1 Å². The minimum atomic E-state index is -0.483. The summed E-state index contributed by atoms with van der Waals surface area (Å²) in [7, 11) is 1.56. The molecule has 0 unspecified atom stereocenters. The number of hydrogen-bond acceptors (Lipinski definition) is 4. The first-order valence-electron chi connectivity index (χ1n) is 6.36. The summed E-state index contributed by atoms with van der Waals surface area (Å²) in [6.45, 7) is 5.92. The highest BCUT2D eigenvalue weighted by molar-refractivity contribution is 5.67. The molecule has 0 radical (unpaired) electrons. The number of rotatable bonds is 3. The SMILES string of the molecule is COc1cc(C#CCCNC(=O)OC(C)(C)C)ccn1. The Morgan fingerprint density at radius 1 is 1.45 bits per heavy atom. The van der Waals surface area contributed by atoms with Gasteiger partial charge in [-0.1, -0.05) is 11.8 Å². The fourth-order valence-electron chi connectivity index (χ4n) is 1.30. The summed E-state index contributed by atoms with van der Waals surface area (Å²) < 4.78 is 10.1. The zero-order valence-corrected chi connectivity index (χ0v) is 12.3. The lowest BCUT2D eigenvalue weighted by molar-refractivity contribution is 0.0529. The van der Waals surface area contributed by atoms with Crippen LogP contribution in [-0.4, -0.2) is 30.3 Å². The Hall–Kier alpha value is -2.22. The van der Waals surface area contributed by atoms with Gasteiger partial charge in [-0.25, -0.2) is 9.78 Å². The van der Waals surface area contributed by atoms with Gasteiger partial charge < -0.3 is 14.8 Å². The van der Waals surface area contributed by atoms with Crippen molar-refractivity contribution in [2.45, 2.75) is 32.8 Å². The number of nitrogens with zero attached hydrogens (tertiary/aromatic N) is 1. The zero-order chi connectivity index (χ0) is 15.0. The van der Waals surface area contributed by atoms with Crippen molar-refractivity contribution < 1.29 is 14.3 Å². The first kappa shape index (κ1) is 15.8. The summed E-state index contributed by atoms with van der Waals surface area (Å²) in [6, 6.07) is 3.56. The molecule has 1 aromatic rings. The Labute approximate surface area is 119 Å². The maximum atomic E-state index is 11.4. The third-order valence-corrected chi connectivity index (χ3v) is 2.09. The molecule has 0 saturated heterocycles. The van der Waals surface area contributed by atoms with E-state index in [1.165, 1.54) is 0 Å². The molecule has 0 aromatic carbocycles. The van der Waals surface area contributed by atoms with E-state index in [1.807, 2.05) is 20.8 Å². The molecule has 1 aromatic heterocycles. The van der Waals surface area contributed by atoms with Gasteiger partial charge in [-0.3, -0.25) is 0 Å². The van der Waals surface area contributed by atoms with Crippen LogP contribution in [0.3, 0.4) is 0 Å². The molecule has 5 nitrogen and oxygen atoms in total. The van der Waals surface area contributed by atoms with E-state index < -0.39 is 11.7 Å². The molecule has 0 bridgehead atoms. The second kappa shape index (κ2) is 7.39. The number of pyridine rings is 1. The Morgan fingerprint density at radius 3 is 2.85 bits per heavy atom. The summed E-state index contributed by atoms with van der Waals surface area (Å²) in [4.78, 5) is 15.4. The van der Waals surface area contributed by atoms with Gasteiger partial charge in [-0.15, -0.1) is 0 Å². The highest BCUT2D eigenvalue weighted by atomic mass is 16.6. The van der Waals surface area contributed by atoms with E-state index >= 15 is 0 Å². The van der Waals surface area contributed by atoms with Crippen LogP contribution in [-0.2, 0) is 4.74 Å². The number of carbonyl (C=O) groups is 1. The number of aromatic nitrogens is 1. The molecule has 1 heterocycles. The van der Waals surface area contributed by atoms with Gasteiger partial charge in [0, 0.05) is 30.8 Å². The molecule has 1 rings (SSSR count). The maximum absolute atomic E-state index is 11.4. The van der Waals surface area contributed by atoms with Crippen molar-refractivity contribution in [1.29, 1.82) is 0 Å². The Morgan fingerprint density at radius 2 is 2.20 bits per heavy atom. The monoisotopic (exact) mass is 276 g/mol. The van der Waals surface area contributed by atoms with Crippen LogP contribution >= 0.6 is 0 Å². The number of carbonyl (C=O) groups excluding carboxylic acids is 1. The Bertz CT molecular complexity index is 510. The highest BCUT2D eigenvalue weighted by Crippen LogP contribution is 2.07. The number of methoxy groups -OCH3 is 1. The van der Waals surface area contributed by atoms with Gasteiger partial charge in [0.05, 0.1) is 7.11 Å². The summed E-state index contributed by atoms with van der Waals surface area (Å²) in [5, 5.41) is 2.65. The van der Waals surface area contributed by atoms with E-state index in [9.17, 15) is 4.79 Å². The minimum absolute atomic E-state index is 0.426. The highest BCUT2D eigenvalue weighted by Gasteiger charge is 2.15. The van der Waals surface area contributed by atoms with E-state index in [1.54, 1.807) is 25.4 Å². The second-order valence-corrected chi connectivity index (χ2v) is 5.07. The molecule has 0 atom stereocenters. The second-order valence-electron chi connectivity index (χ2n) is 5.07. The lowest BCUT2D eigenvalue weighted by Crippen LogP contribution is -2.32. The molecule has 20 heavy (non-hydrogen) atoms. The van der Waals surface area contributed by atoms with Crippen molar-refractivity contribution in [3.05, 3.63) is 23.9 Å². The largest absolute Gasteiger partial charge is 0.481 e. The summed E-state index contributed by atoms with van der Waals surface area (Å²) in [5.74, 6) is 6.48. The molecule has 1 N–H and O–H groups in total. The molecule has 0 spiro atoms. The van der Waals surface area contributed by atoms with Crippen LogP contribution in [0.5, 0.6) is 5.88 Å². The first-order valence-corrected chi connectivity index (χ1v) is 6.36. The number of amides is 1. The van der Waals surface area contributed by atoms with E-state index in [2.05, 4.69) is 22.1 Å². The standard InChI is InChI=1S/C15H20N2O3/c1-15(2,3)20-14(18)17-9-6-5-7-12-8-10-16-13(11-12)19-4/h8,10-11H,6,9H2,1-4H3,(H,17,18). The smallest absolute Gasteiger partial charge is 0.407 e. The number of hydrogen-bond donors (Lipinski definition) is 1. The minimum Gasteiger partial charge on any atom is -0.481 e. The van der Waals surface area contributed by atoms with Gasteiger partial charge in [-0.05, 0) is 26.8 Å². The van der Waals surface area contributed by atoms with E-state index in [4.69, 9.17) is 9.47 Å². The van der Waals surface area contributed by atoms with Gasteiger partial charge in [0.2, 0.25) is 5.88 Å². The number of alkyl carbamates (subject to hydrolysis) is 1. The zero-order valence-electron chi connectivity index (χ0n) is 12.3. The van der Waals surface area contributed by atoms with Crippen molar-refractivity contribution in [3.63, 3.8) is 0 Å². The van der Waals surface area contributed by atoms with Crippen molar-refractivity contribution in [3.8, 4) is 17.7 Å². The van der Waals surface area contributed by atoms with Gasteiger partial charge >= 0.3 is 6.09 Å². The van der Waals surface area contributed by atoms with Crippen LogP contribution in [0.4, 0.5) is 4.79 Å². The number of nitrogens with one attached hydrogen (secondary N) is 1. The molecular formula is C15H20N2O3. The van der Waals surface area contributed by atoms with Crippen LogP contribution in [0.25, 0.3) is 0 Å². The summed E-state index contributed by atoms with van der Waals surface area (Å²) >= 11 is 0. The van der Waals surface area contributed by atoms with E-state index in [0.717, 1.165) is 5.56 Å². The normalized spacial score (nSPS) is 10.2. The fraction of sp³-hybridized carbons (Fsp3) is 0.467. The maximum Gasteiger partial charge on any atom is 0.407 e. The molecule has 0 aliphatic heterocycles. The van der Waals surface area contributed by atoms with Gasteiger partial charge in [0.1, 0.15) is 5.60 Å². The van der Waals surface area contributed by atoms with E-state index in [-0.39, 0.29) is 0 Å². The molecule has 108 valence electrons. The predicted octanol–water partition coefficient (Wildman–Crippen LogP) is 2.36. The average Bonchev–Trinajstić information content (AvgIpc) is 2.36. The number of ether oxygens (including phenoxy) is 2. The molecule has 0 aliphatic rings. The average molecular weight is 276 g/mol. The molecule has 0 fully saturated rings. The van der Waals surface area contributed by atoms with E-state index in [0.29, 0.717) is 18.8 Å². The Kier molecular flexibility index (Phi) is 5.85. The molecule has 0 saturated carbocycles. The molecule has 5 heteroatoms.